The lowest BCUT2D eigenvalue weighted by Crippen LogP contribution is -2.38. The fraction of sp³-hybridized carbons (Fsp3) is 0.778. The quantitative estimate of drug-likeness (QED) is 0.485. The molecule has 0 fully saturated rings. The van der Waals surface area contributed by atoms with Gasteiger partial charge in [-0.2, -0.15) is 0 Å². The number of rotatable bonds is 3. The minimum atomic E-state index is -1.05. The normalized spacial score (nSPS) is 17.3. The van der Waals surface area contributed by atoms with Crippen molar-refractivity contribution in [1.82, 2.24) is 0 Å². The molecule has 0 aromatic carbocycles. The maximum atomic E-state index is 12.9. The molecule has 0 aliphatic heterocycles. The molecule has 0 spiro atoms. The number of hydrogen-bond acceptors (Lipinski definition) is 3. The van der Waals surface area contributed by atoms with Gasteiger partial charge in [-0.3, -0.25) is 0 Å². The van der Waals surface area contributed by atoms with Crippen LogP contribution in [0.1, 0.15) is 69.2 Å². The summed E-state index contributed by atoms with van der Waals surface area (Å²) in [6.45, 7) is 18.9. The van der Waals surface area contributed by atoms with E-state index in [-0.39, 0.29) is 11.0 Å². The Balaban J connectivity index is 6.67. The lowest BCUT2D eigenvalue weighted by atomic mass is 9.71. The van der Waals surface area contributed by atoms with Gasteiger partial charge >= 0.3 is 11.9 Å². The molecule has 0 heterocycles. The summed E-state index contributed by atoms with van der Waals surface area (Å²) >= 11 is 0. The summed E-state index contributed by atoms with van der Waals surface area (Å²) in [7, 11) is 0.635. The van der Waals surface area contributed by atoms with Gasteiger partial charge in [0.05, 0.1) is 11.1 Å². The van der Waals surface area contributed by atoms with Crippen LogP contribution in [0, 0.1) is 10.8 Å². The van der Waals surface area contributed by atoms with Crippen LogP contribution in [0.5, 0.6) is 0 Å². The molecular weight excluding hydrogens is 308 g/mol. The van der Waals surface area contributed by atoms with E-state index in [0.29, 0.717) is 15.8 Å². The Morgan fingerprint density at radius 3 is 1.43 bits per heavy atom. The number of aliphatic carboxylic acids is 1. The van der Waals surface area contributed by atoms with Gasteiger partial charge in [-0.25, -0.2) is 9.59 Å². The number of esters is 1. The molecule has 23 heavy (non-hydrogen) atoms. The minimum Gasteiger partial charge on any atom is -0.478 e. The molecule has 5 heteroatoms. The van der Waals surface area contributed by atoms with Crippen LogP contribution in [0.2, 0.25) is 5.04 Å². The van der Waals surface area contributed by atoms with E-state index in [9.17, 15) is 14.7 Å². The van der Waals surface area contributed by atoms with Gasteiger partial charge in [-0.1, -0.05) is 48.5 Å². The van der Waals surface area contributed by atoms with E-state index in [1.165, 1.54) is 0 Å². The zero-order valence-electron chi connectivity index (χ0n) is 16.7. The van der Waals surface area contributed by atoms with E-state index < -0.39 is 28.0 Å². The van der Waals surface area contributed by atoms with Crippen molar-refractivity contribution in [2.75, 3.05) is 0 Å². The molecular formula is C18H34O4Si. The average molecular weight is 343 g/mol. The summed E-state index contributed by atoms with van der Waals surface area (Å²) in [4.78, 5) is 24.9. The average Bonchev–Trinajstić information content (AvgIpc) is 2.18. The summed E-state index contributed by atoms with van der Waals surface area (Å²) in [5.74, 6) is -1.57. The van der Waals surface area contributed by atoms with Crippen molar-refractivity contribution in [1.29, 1.82) is 0 Å². The Hall–Kier alpha value is -1.10. The third kappa shape index (κ3) is 5.48. The van der Waals surface area contributed by atoms with Gasteiger partial charge < -0.3 is 9.84 Å². The summed E-state index contributed by atoms with van der Waals surface area (Å²) in [5.41, 5.74) is -1.11. The minimum absolute atomic E-state index is 0.152. The highest BCUT2D eigenvalue weighted by Crippen LogP contribution is 2.52. The van der Waals surface area contributed by atoms with Crippen LogP contribution in [-0.2, 0) is 14.3 Å². The van der Waals surface area contributed by atoms with Gasteiger partial charge in [0, 0.05) is 10.2 Å². The van der Waals surface area contributed by atoms with Crippen molar-refractivity contribution in [3.05, 3.63) is 11.1 Å². The molecule has 0 aliphatic carbocycles. The molecule has 0 saturated carbocycles. The van der Waals surface area contributed by atoms with Crippen molar-refractivity contribution in [3.8, 4) is 0 Å². The molecule has 0 radical (unpaired) electrons. The molecule has 0 bridgehead atoms. The number of carbonyl (C=O) groups excluding carboxylic acids is 1. The third-order valence-corrected chi connectivity index (χ3v) is 6.32. The van der Waals surface area contributed by atoms with Gasteiger partial charge in [0.15, 0.2) is 0 Å². The molecule has 0 rings (SSSR count). The highest BCUT2D eigenvalue weighted by molar-refractivity contribution is 6.23. The molecule has 0 aromatic rings. The van der Waals surface area contributed by atoms with E-state index in [2.05, 4.69) is 0 Å². The Kier molecular flexibility index (Phi) is 6.11. The highest BCUT2D eigenvalue weighted by Gasteiger charge is 2.46. The molecule has 1 N–H and O–H groups in total. The molecule has 0 aromatic heterocycles. The number of hydrogen-bond donors (Lipinski definition) is 1. The van der Waals surface area contributed by atoms with Gasteiger partial charge in [-0.15, -0.1) is 0 Å². The first-order chi connectivity index (χ1) is 9.82. The molecule has 0 aliphatic rings. The highest BCUT2D eigenvalue weighted by atomic mass is 28.1. The van der Waals surface area contributed by atoms with E-state index >= 15 is 0 Å². The van der Waals surface area contributed by atoms with Crippen molar-refractivity contribution in [3.63, 3.8) is 0 Å². The lowest BCUT2D eigenvalue weighted by molar-refractivity contribution is -0.151. The number of carboxylic acid groups (broad SMARTS) is 1. The van der Waals surface area contributed by atoms with Gasteiger partial charge in [0.2, 0.25) is 0 Å². The SMILES string of the molecule is CC(C)(C)OC(=O)C(=C(C(=O)O)C(C)(C)C)C(C)([SiH3])C(C)(C)C. The fourth-order valence-electron chi connectivity index (χ4n) is 2.18. The Labute approximate surface area is 144 Å². The smallest absolute Gasteiger partial charge is 0.335 e. The Morgan fingerprint density at radius 2 is 1.22 bits per heavy atom. The maximum absolute atomic E-state index is 12.9. The summed E-state index contributed by atoms with van der Waals surface area (Å²) in [5, 5.41) is 9.27. The van der Waals surface area contributed by atoms with Crippen molar-refractivity contribution in [2.24, 2.45) is 10.8 Å². The lowest BCUT2D eigenvalue weighted by Gasteiger charge is -2.42. The Bertz CT molecular complexity index is 509. The van der Waals surface area contributed by atoms with Crippen LogP contribution in [0.25, 0.3) is 0 Å². The van der Waals surface area contributed by atoms with E-state index in [4.69, 9.17) is 4.74 Å². The van der Waals surface area contributed by atoms with Gasteiger partial charge in [0.1, 0.15) is 5.60 Å². The van der Waals surface area contributed by atoms with Gasteiger partial charge in [-0.05, 0) is 36.6 Å². The number of carboxylic acids is 1. The van der Waals surface area contributed by atoms with Crippen LogP contribution in [-0.4, -0.2) is 32.9 Å². The van der Waals surface area contributed by atoms with Crippen LogP contribution < -0.4 is 0 Å². The summed E-state index contributed by atoms with van der Waals surface area (Å²) in [6.07, 6.45) is 0. The van der Waals surface area contributed by atoms with Crippen molar-refractivity contribution >= 4 is 22.2 Å². The second-order valence-corrected chi connectivity index (χ2v) is 11.7. The predicted octanol–water partition coefficient (Wildman–Crippen LogP) is 3.35. The number of ether oxygens (including phenoxy) is 1. The van der Waals surface area contributed by atoms with Crippen molar-refractivity contribution in [2.45, 2.75) is 79.9 Å². The monoisotopic (exact) mass is 342 g/mol. The number of carbonyl (C=O) groups is 2. The molecule has 0 saturated heterocycles. The van der Waals surface area contributed by atoms with E-state index in [1.54, 1.807) is 20.8 Å². The molecule has 1 atom stereocenters. The standard InChI is InChI=1S/C18H34O4Si/c1-15(2,3)11(13(19)20)12(14(21)22-17(7,8)9)18(10,23)16(4,5)6/h1-10,23H3,(H,19,20). The van der Waals surface area contributed by atoms with Crippen LogP contribution in [0.4, 0.5) is 0 Å². The zero-order valence-corrected chi connectivity index (χ0v) is 18.7. The first-order valence-corrected chi connectivity index (χ1v) is 9.04. The first-order valence-electron chi connectivity index (χ1n) is 8.04. The predicted molar refractivity (Wildman–Crippen MR) is 97.7 cm³/mol. The molecule has 1 unspecified atom stereocenters. The van der Waals surface area contributed by atoms with Crippen LogP contribution in [0.3, 0.4) is 0 Å². The van der Waals surface area contributed by atoms with Crippen molar-refractivity contribution < 1.29 is 19.4 Å². The second-order valence-electron chi connectivity index (χ2n) is 9.68. The first kappa shape index (κ1) is 21.9. The molecule has 0 amide bonds. The summed E-state index contributed by atoms with van der Waals surface area (Å²) in [6, 6.07) is 0. The van der Waals surface area contributed by atoms with Crippen LogP contribution in [0.15, 0.2) is 11.1 Å². The maximum Gasteiger partial charge on any atom is 0.335 e. The second kappa shape index (κ2) is 6.42. The zero-order chi connectivity index (χ0) is 19.0. The molecule has 134 valence electrons. The fourth-order valence-corrected chi connectivity index (χ4v) is 2.63. The van der Waals surface area contributed by atoms with E-state index in [0.717, 1.165) is 0 Å². The Morgan fingerprint density at radius 1 is 0.826 bits per heavy atom. The van der Waals surface area contributed by atoms with E-state index in [1.807, 2.05) is 48.5 Å². The summed E-state index contributed by atoms with van der Waals surface area (Å²) < 4.78 is 5.57. The third-order valence-electron chi connectivity index (χ3n) is 4.32. The molecule has 4 nitrogen and oxygen atoms in total. The topological polar surface area (TPSA) is 63.6 Å². The van der Waals surface area contributed by atoms with Gasteiger partial charge in [0.25, 0.3) is 0 Å². The largest absolute Gasteiger partial charge is 0.478 e. The van der Waals surface area contributed by atoms with Crippen LogP contribution >= 0.6 is 0 Å².